The first kappa shape index (κ1) is 15.8. The standard InChI is InChI=1S/C7H16N2O3.Na/c8-2-4-9(5-6-10)3-1-7(11)12;/h10H,1-6,8H2,(H,11,12);. The van der Waals surface area contributed by atoms with E-state index in [1.54, 1.807) is 0 Å². The molecule has 0 unspecified atom stereocenters. The molecule has 0 aliphatic heterocycles. The van der Waals surface area contributed by atoms with Crippen LogP contribution in [0.5, 0.6) is 0 Å². The number of hydrogen-bond acceptors (Lipinski definition) is 4. The van der Waals surface area contributed by atoms with Crippen LogP contribution in [0.1, 0.15) is 6.42 Å². The molecule has 73 valence electrons. The number of aliphatic hydroxyl groups excluding tert-OH is 1. The summed E-state index contributed by atoms with van der Waals surface area (Å²) < 4.78 is 0. The fourth-order valence-electron chi connectivity index (χ4n) is 0.913. The minimum atomic E-state index is -0.824. The Morgan fingerprint density at radius 2 is 1.92 bits per heavy atom. The molecule has 0 bridgehead atoms. The summed E-state index contributed by atoms with van der Waals surface area (Å²) in [7, 11) is 0. The summed E-state index contributed by atoms with van der Waals surface area (Å²) >= 11 is 0. The average Bonchev–Trinajstić information content (AvgIpc) is 2.01. The van der Waals surface area contributed by atoms with E-state index in [0.29, 0.717) is 26.2 Å². The van der Waals surface area contributed by atoms with Gasteiger partial charge >= 0.3 is 5.97 Å². The minimum absolute atomic E-state index is 0. The number of carboxylic acid groups (broad SMARTS) is 1. The van der Waals surface area contributed by atoms with Crippen molar-refractivity contribution in [3.63, 3.8) is 0 Å². The van der Waals surface area contributed by atoms with E-state index in [1.165, 1.54) is 0 Å². The molecule has 1 radical (unpaired) electrons. The Labute approximate surface area is 100 Å². The number of aliphatic carboxylic acids is 1. The fourth-order valence-corrected chi connectivity index (χ4v) is 0.913. The Balaban J connectivity index is 0. The molecule has 0 aromatic rings. The molecule has 0 saturated carbocycles. The third kappa shape index (κ3) is 10.3. The van der Waals surface area contributed by atoms with Gasteiger partial charge in [0, 0.05) is 55.7 Å². The Hall–Kier alpha value is 0.350. The van der Waals surface area contributed by atoms with Crippen LogP contribution >= 0.6 is 0 Å². The van der Waals surface area contributed by atoms with Crippen molar-refractivity contribution in [2.24, 2.45) is 5.73 Å². The normalized spacial score (nSPS) is 9.77. The van der Waals surface area contributed by atoms with E-state index in [-0.39, 0.29) is 42.6 Å². The number of hydrogen-bond donors (Lipinski definition) is 3. The first-order valence-corrected chi connectivity index (χ1v) is 3.95. The van der Waals surface area contributed by atoms with Crippen LogP contribution in [0.25, 0.3) is 0 Å². The van der Waals surface area contributed by atoms with E-state index < -0.39 is 5.97 Å². The van der Waals surface area contributed by atoms with Gasteiger partial charge in [-0.05, 0) is 0 Å². The quantitative estimate of drug-likeness (QED) is 0.427. The maximum atomic E-state index is 10.2. The summed E-state index contributed by atoms with van der Waals surface area (Å²) in [6.45, 7) is 2.10. The van der Waals surface area contributed by atoms with E-state index in [2.05, 4.69) is 0 Å². The third-order valence-corrected chi connectivity index (χ3v) is 1.50. The number of nitrogens with two attached hydrogens (primary N) is 1. The SMILES string of the molecule is NCCN(CCO)CCC(=O)O.[Na]. The van der Waals surface area contributed by atoms with Crippen molar-refractivity contribution in [2.45, 2.75) is 6.42 Å². The van der Waals surface area contributed by atoms with Crippen LogP contribution in [0.2, 0.25) is 0 Å². The third-order valence-electron chi connectivity index (χ3n) is 1.50. The second kappa shape index (κ2) is 10.4. The van der Waals surface area contributed by atoms with E-state index in [4.69, 9.17) is 15.9 Å². The maximum Gasteiger partial charge on any atom is 0.304 e. The average molecular weight is 199 g/mol. The summed E-state index contributed by atoms with van der Waals surface area (Å²) in [6, 6.07) is 0. The topological polar surface area (TPSA) is 86.8 Å². The van der Waals surface area contributed by atoms with Crippen LogP contribution in [0, 0.1) is 0 Å². The van der Waals surface area contributed by atoms with Gasteiger partial charge in [0.15, 0.2) is 0 Å². The number of rotatable bonds is 7. The molecular weight excluding hydrogens is 183 g/mol. The Bertz CT molecular complexity index is 129. The van der Waals surface area contributed by atoms with Crippen LogP contribution in [0.3, 0.4) is 0 Å². The van der Waals surface area contributed by atoms with Gasteiger partial charge in [-0.2, -0.15) is 0 Å². The molecule has 0 heterocycles. The molecule has 0 aromatic carbocycles. The molecule has 5 nitrogen and oxygen atoms in total. The van der Waals surface area contributed by atoms with Crippen molar-refractivity contribution >= 4 is 35.5 Å². The molecule has 4 N–H and O–H groups in total. The fraction of sp³-hybridized carbons (Fsp3) is 0.857. The molecule has 0 rings (SSSR count). The van der Waals surface area contributed by atoms with Crippen LogP contribution in [-0.2, 0) is 4.79 Å². The minimum Gasteiger partial charge on any atom is -0.481 e. The second-order valence-corrected chi connectivity index (χ2v) is 2.50. The second-order valence-electron chi connectivity index (χ2n) is 2.50. The van der Waals surface area contributed by atoms with Crippen LogP contribution < -0.4 is 5.73 Å². The summed E-state index contributed by atoms with van der Waals surface area (Å²) in [4.78, 5) is 12.0. The molecule has 6 heteroatoms. The first-order valence-electron chi connectivity index (χ1n) is 3.95. The maximum absolute atomic E-state index is 10.2. The Morgan fingerprint density at radius 1 is 1.31 bits per heavy atom. The van der Waals surface area contributed by atoms with Crippen molar-refractivity contribution in [1.82, 2.24) is 4.90 Å². The molecule has 0 fully saturated rings. The molecule has 0 saturated heterocycles. The summed E-state index contributed by atoms with van der Waals surface area (Å²) in [5, 5.41) is 17.0. The van der Waals surface area contributed by atoms with Gasteiger partial charge in [0.2, 0.25) is 0 Å². The van der Waals surface area contributed by atoms with Crippen LogP contribution in [0.4, 0.5) is 0 Å². The van der Waals surface area contributed by atoms with Crippen molar-refractivity contribution in [3.05, 3.63) is 0 Å². The zero-order chi connectivity index (χ0) is 9.40. The van der Waals surface area contributed by atoms with E-state index in [0.717, 1.165) is 0 Å². The Kier molecular flexibility index (Phi) is 12.7. The van der Waals surface area contributed by atoms with Gasteiger partial charge in [-0.3, -0.25) is 9.69 Å². The smallest absolute Gasteiger partial charge is 0.304 e. The van der Waals surface area contributed by atoms with Gasteiger partial charge in [-0.15, -0.1) is 0 Å². The monoisotopic (exact) mass is 199 g/mol. The predicted octanol–water partition coefficient (Wildman–Crippen LogP) is -1.67. The van der Waals surface area contributed by atoms with Gasteiger partial charge < -0.3 is 15.9 Å². The summed E-state index contributed by atoms with van der Waals surface area (Å²) in [5.74, 6) is -0.824. The molecule has 0 spiro atoms. The molecule has 0 atom stereocenters. The molecule has 0 aliphatic rings. The van der Waals surface area contributed by atoms with Crippen LogP contribution in [0.15, 0.2) is 0 Å². The van der Waals surface area contributed by atoms with Crippen molar-refractivity contribution in [1.29, 1.82) is 0 Å². The van der Waals surface area contributed by atoms with E-state index in [9.17, 15) is 4.79 Å². The Morgan fingerprint density at radius 3 is 2.31 bits per heavy atom. The van der Waals surface area contributed by atoms with Crippen LogP contribution in [-0.4, -0.2) is 83.4 Å². The molecule has 13 heavy (non-hydrogen) atoms. The molecular formula is C7H16N2NaO3. The zero-order valence-electron chi connectivity index (χ0n) is 8.07. The van der Waals surface area contributed by atoms with E-state index >= 15 is 0 Å². The van der Waals surface area contributed by atoms with Crippen molar-refractivity contribution in [3.8, 4) is 0 Å². The van der Waals surface area contributed by atoms with Crippen molar-refractivity contribution in [2.75, 3.05) is 32.8 Å². The molecule has 0 amide bonds. The summed E-state index contributed by atoms with van der Waals surface area (Å²) in [6.07, 6.45) is 0.0972. The van der Waals surface area contributed by atoms with Gasteiger partial charge in [0.25, 0.3) is 0 Å². The number of carboxylic acids is 1. The van der Waals surface area contributed by atoms with E-state index in [1.807, 2.05) is 4.90 Å². The number of aliphatic hydroxyl groups is 1. The van der Waals surface area contributed by atoms with Gasteiger partial charge in [0.1, 0.15) is 0 Å². The number of nitrogens with zero attached hydrogens (tertiary/aromatic N) is 1. The number of carbonyl (C=O) groups is 1. The van der Waals surface area contributed by atoms with Gasteiger partial charge in [0.05, 0.1) is 13.0 Å². The van der Waals surface area contributed by atoms with Gasteiger partial charge in [-0.1, -0.05) is 0 Å². The van der Waals surface area contributed by atoms with Gasteiger partial charge in [-0.25, -0.2) is 0 Å². The largest absolute Gasteiger partial charge is 0.481 e. The first-order chi connectivity index (χ1) is 5.70. The predicted molar refractivity (Wildman–Crippen MR) is 50.6 cm³/mol. The molecule has 0 aromatic heterocycles. The zero-order valence-corrected chi connectivity index (χ0v) is 10.1. The molecule has 0 aliphatic carbocycles. The van der Waals surface area contributed by atoms with Crippen molar-refractivity contribution < 1.29 is 15.0 Å². The summed E-state index contributed by atoms with van der Waals surface area (Å²) in [5.41, 5.74) is 5.30.